The van der Waals surface area contributed by atoms with Crippen molar-refractivity contribution in [3.8, 4) is 0 Å². The summed E-state index contributed by atoms with van der Waals surface area (Å²) in [7, 11) is 0. The first kappa shape index (κ1) is 28.2. The van der Waals surface area contributed by atoms with Crippen LogP contribution in [0.1, 0.15) is 46.0 Å². The van der Waals surface area contributed by atoms with E-state index in [2.05, 4.69) is 16.0 Å². The summed E-state index contributed by atoms with van der Waals surface area (Å²) < 4.78 is 15.7. The van der Waals surface area contributed by atoms with Crippen LogP contribution >= 0.6 is 0 Å². The van der Waals surface area contributed by atoms with Gasteiger partial charge in [0, 0.05) is 46.1 Å². The van der Waals surface area contributed by atoms with Crippen LogP contribution in [0.15, 0.2) is 0 Å². The summed E-state index contributed by atoms with van der Waals surface area (Å²) in [5.74, 6) is -0.648. The van der Waals surface area contributed by atoms with E-state index in [1.165, 1.54) is 6.92 Å². The Morgan fingerprint density at radius 3 is 2.19 bits per heavy atom. The van der Waals surface area contributed by atoms with Gasteiger partial charge in [-0.2, -0.15) is 0 Å². The van der Waals surface area contributed by atoms with Gasteiger partial charge in [-0.3, -0.25) is 14.4 Å². The van der Waals surface area contributed by atoms with Crippen LogP contribution in [0.4, 0.5) is 0 Å². The zero-order chi connectivity index (χ0) is 23.9. The molecule has 5 atom stereocenters. The van der Waals surface area contributed by atoms with Gasteiger partial charge in [0.2, 0.25) is 17.7 Å². The van der Waals surface area contributed by atoms with Gasteiger partial charge in [-0.25, -0.2) is 0 Å². The summed E-state index contributed by atoms with van der Waals surface area (Å²) >= 11 is 0. The third-order valence-corrected chi connectivity index (χ3v) is 4.70. The highest BCUT2D eigenvalue weighted by Crippen LogP contribution is 2.21. The maximum atomic E-state index is 11.9. The Hall–Kier alpha value is -1.83. The fourth-order valence-electron chi connectivity index (χ4n) is 2.99. The second-order valence-corrected chi connectivity index (χ2v) is 7.43. The molecule has 0 radical (unpaired) electrons. The maximum absolute atomic E-state index is 11.9. The predicted octanol–water partition coefficient (Wildman–Crippen LogP) is -1.88. The molecule has 0 aromatic carbocycles. The molecule has 0 aromatic rings. The Bertz CT molecular complexity index is 579. The van der Waals surface area contributed by atoms with E-state index in [0.29, 0.717) is 52.0 Å². The lowest BCUT2D eigenvalue weighted by atomic mass is 10.0. The van der Waals surface area contributed by atoms with Crippen molar-refractivity contribution in [2.75, 3.05) is 32.9 Å². The fourth-order valence-corrected chi connectivity index (χ4v) is 2.99. The fraction of sp³-hybridized carbons (Fsp3) is 0.850. The van der Waals surface area contributed by atoms with Crippen molar-refractivity contribution in [1.82, 2.24) is 16.0 Å². The molecule has 12 heteroatoms. The summed E-state index contributed by atoms with van der Waals surface area (Å²) in [5, 5.41) is 37.3. The van der Waals surface area contributed by atoms with Crippen LogP contribution in [0.25, 0.3) is 0 Å². The van der Waals surface area contributed by atoms with E-state index in [1.54, 1.807) is 0 Å². The van der Waals surface area contributed by atoms with Crippen LogP contribution in [0.5, 0.6) is 0 Å². The number of hydrogen-bond acceptors (Lipinski definition) is 9. The summed E-state index contributed by atoms with van der Waals surface area (Å²) in [6.07, 6.45) is -3.53. The highest BCUT2D eigenvalue weighted by molar-refractivity contribution is 5.76. The van der Waals surface area contributed by atoms with Gasteiger partial charge in [0.15, 0.2) is 12.6 Å². The van der Waals surface area contributed by atoms with Crippen molar-refractivity contribution in [2.45, 2.75) is 76.8 Å². The minimum atomic E-state index is -1.64. The molecule has 0 spiro atoms. The topological polar surface area (TPSA) is 176 Å². The average molecular weight is 464 g/mol. The van der Waals surface area contributed by atoms with Crippen molar-refractivity contribution in [1.29, 1.82) is 0 Å². The lowest BCUT2D eigenvalue weighted by Crippen LogP contribution is -2.63. The summed E-state index contributed by atoms with van der Waals surface area (Å²) in [5.41, 5.74) is 0. The van der Waals surface area contributed by atoms with Crippen LogP contribution in [0, 0.1) is 0 Å². The molecule has 0 saturated carbocycles. The normalized spacial score (nSPS) is 25.2. The lowest BCUT2D eigenvalue weighted by molar-refractivity contribution is -0.315. The van der Waals surface area contributed by atoms with E-state index in [0.717, 1.165) is 0 Å². The highest BCUT2D eigenvalue weighted by Gasteiger charge is 2.44. The zero-order valence-electron chi connectivity index (χ0n) is 18.7. The number of carbonyl (C=O) groups excluding carboxylic acids is 3. The molecular formula is C20H37N3O9. The zero-order valence-corrected chi connectivity index (χ0v) is 18.7. The van der Waals surface area contributed by atoms with Crippen molar-refractivity contribution < 1.29 is 43.9 Å². The third kappa shape index (κ3) is 11.2. The summed E-state index contributed by atoms with van der Waals surface area (Å²) in [6, 6.07) is -1.03. The van der Waals surface area contributed by atoms with Crippen molar-refractivity contribution in [3.05, 3.63) is 0 Å². The molecule has 0 bridgehead atoms. The molecule has 186 valence electrons. The van der Waals surface area contributed by atoms with Crippen LogP contribution < -0.4 is 16.0 Å². The SMILES string of the molecule is CCOCCC(=O)NCCCNC(=O)CCCCO[C@@H]1O[C@H](O)[C@H](O)[C@H](O)C1NC(C)=O. The third-order valence-electron chi connectivity index (χ3n) is 4.70. The molecule has 1 aliphatic heterocycles. The van der Waals surface area contributed by atoms with E-state index >= 15 is 0 Å². The number of hydrogen-bond donors (Lipinski definition) is 6. The van der Waals surface area contributed by atoms with Crippen molar-refractivity contribution >= 4 is 17.7 Å². The lowest BCUT2D eigenvalue weighted by Gasteiger charge is -2.40. The molecule has 1 aliphatic rings. The Kier molecular flexibility index (Phi) is 14.0. The van der Waals surface area contributed by atoms with E-state index in [4.69, 9.17) is 14.2 Å². The number of aliphatic hydroxyl groups excluding tert-OH is 3. The molecule has 1 fully saturated rings. The van der Waals surface area contributed by atoms with Gasteiger partial charge in [0.05, 0.1) is 6.61 Å². The van der Waals surface area contributed by atoms with Crippen LogP contribution in [-0.4, -0.2) is 96.8 Å². The molecule has 32 heavy (non-hydrogen) atoms. The second-order valence-electron chi connectivity index (χ2n) is 7.43. The van der Waals surface area contributed by atoms with Gasteiger partial charge < -0.3 is 45.5 Å². The van der Waals surface area contributed by atoms with Crippen molar-refractivity contribution in [2.24, 2.45) is 0 Å². The smallest absolute Gasteiger partial charge is 0.222 e. The van der Waals surface area contributed by atoms with E-state index < -0.39 is 36.7 Å². The summed E-state index contributed by atoms with van der Waals surface area (Å²) in [4.78, 5) is 34.7. The van der Waals surface area contributed by atoms with Gasteiger partial charge in [0.25, 0.3) is 0 Å². The molecular weight excluding hydrogens is 426 g/mol. The number of unbranched alkanes of at least 4 members (excludes halogenated alkanes) is 1. The quantitative estimate of drug-likeness (QED) is 0.152. The number of aliphatic hydroxyl groups is 3. The largest absolute Gasteiger partial charge is 0.388 e. The first-order valence-electron chi connectivity index (χ1n) is 11.0. The number of rotatable bonds is 15. The minimum Gasteiger partial charge on any atom is -0.388 e. The number of amides is 3. The molecule has 1 heterocycles. The molecule has 1 unspecified atom stereocenters. The average Bonchev–Trinajstić information content (AvgIpc) is 2.74. The van der Waals surface area contributed by atoms with Crippen LogP contribution in [0.3, 0.4) is 0 Å². The number of ether oxygens (including phenoxy) is 3. The highest BCUT2D eigenvalue weighted by atomic mass is 16.7. The first-order valence-corrected chi connectivity index (χ1v) is 11.0. The molecule has 0 aromatic heterocycles. The minimum absolute atomic E-state index is 0.0815. The molecule has 12 nitrogen and oxygen atoms in total. The Labute approximate surface area is 188 Å². The molecule has 1 saturated heterocycles. The van der Waals surface area contributed by atoms with E-state index in [9.17, 15) is 29.7 Å². The van der Waals surface area contributed by atoms with Crippen LogP contribution in [-0.2, 0) is 28.6 Å². The summed E-state index contributed by atoms with van der Waals surface area (Å²) in [6.45, 7) is 5.18. The van der Waals surface area contributed by atoms with E-state index in [1.807, 2.05) is 6.92 Å². The second kappa shape index (κ2) is 15.9. The predicted molar refractivity (Wildman–Crippen MR) is 112 cm³/mol. The Balaban J connectivity index is 2.14. The molecule has 0 aliphatic carbocycles. The number of nitrogens with one attached hydrogen (secondary N) is 3. The first-order chi connectivity index (χ1) is 15.3. The van der Waals surface area contributed by atoms with Gasteiger partial charge in [-0.05, 0) is 26.2 Å². The Morgan fingerprint density at radius 2 is 1.56 bits per heavy atom. The number of carbonyl (C=O) groups is 3. The van der Waals surface area contributed by atoms with Gasteiger partial charge in [0.1, 0.15) is 18.2 Å². The molecule has 6 N–H and O–H groups in total. The van der Waals surface area contributed by atoms with Gasteiger partial charge in [-0.1, -0.05) is 0 Å². The van der Waals surface area contributed by atoms with Crippen LogP contribution in [0.2, 0.25) is 0 Å². The van der Waals surface area contributed by atoms with Gasteiger partial charge in [-0.15, -0.1) is 0 Å². The standard InChI is InChI=1S/C20H37N3O9/c1-3-30-12-8-15(26)22-10-6-9-21-14(25)7-4-5-11-31-20-16(23-13(2)24)17(27)18(28)19(29)32-20/h16-20,27-29H,3-12H2,1-2H3,(H,21,25)(H,22,26)(H,23,24)/t16?,17-,18-,19+,20-/m1/s1. The Morgan fingerprint density at radius 1 is 0.906 bits per heavy atom. The molecule has 1 rings (SSSR count). The maximum Gasteiger partial charge on any atom is 0.222 e. The molecule has 3 amide bonds. The van der Waals surface area contributed by atoms with Crippen molar-refractivity contribution in [3.63, 3.8) is 0 Å². The monoisotopic (exact) mass is 463 g/mol. The van der Waals surface area contributed by atoms with E-state index in [-0.39, 0.29) is 24.8 Å². The van der Waals surface area contributed by atoms with Gasteiger partial charge >= 0.3 is 0 Å².